The van der Waals surface area contributed by atoms with Gasteiger partial charge in [0.05, 0.1) is 18.0 Å². The van der Waals surface area contributed by atoms with Crippen molar-refractivity contribution in [1.29, 1.82) is 0 Å². The van der Waals surface area contributed by atoms with Gasteiger partial charge in [-0.25, -0.2) is 0 Å². The summed E-state index contributed by atoms with van der Waals surface area (Å²) < 4.78 is 30.5. The van der Waals surface area contributed by atoms with Crippen molar-refractivity contribution in [2.45, 2.75) is 97.2 Å². The molecule has 4 N–H and O–H groups in total. The number of fused-ring (bicyclic) bond motifs is 5. The molecule has 7 nitrogen and oxygen atoms in total. The maximum atomic E-state index is 12.2. The molecule has 1 amide bonds. The molecule has 0 saturated heterocycles. The van der Waals surface area contributed by atoms with Crippen LogP contribution >= 0.6 is 0 Å². The Morgan fingerprint density at radius 3 is 2.41 bits per heavy atom. The van der Waals surface area contributed by atoms with Crippen molar-refractivity contribution in [2.24, 2.45) is 46.3 Å². The zero-order valence-electron chi connectivity index (χ0n) is 21.1. The van der Waals surface area contributed by atoms with Crippen molar-refractivity contribution < 1.29 is 28.0 Å². The summed E-state index contributed by atoms with van der Waals surface area (Å²) in [6.07, 6.45) is 8.87. The van der Waals surface area contributed by atoms with Gasteiger partial charge in [-0.2, -0.15) is 8.42 Å². The van der Waals surface area contributed by atoms with E-state index < -0.39 is 15.9 Å². The third-order valence-electron chi connectivity index (χ3n) is 10.9. The number of carbonyl (C=O) groups is 1. The first-order valence-corrected chi connectivity index (χ1v) is 15.0. The van der Waals surface area contributed by atoms with Crippen molar-refractivity contribution in [3.8, 4) is 0 Å². The smallest absolute Gasteiger partial charge is 0.266 e. The second-order valence-corrected chi connectivity index (χ2v) is 14.2. The van der Waals surface area contributed by atoms with Crippen LogP contribution in [0.15, 0.2) is 0 Å². The molecule has 0 aromatic rings. The van der Waals surface area contributed by atoms with Gasteiger partial charge in [0.1, 0.15) is 0 Å². The minimum atomic E-state index is -4.06. The number of hydrogen-bond donors (Lipinski definition) is 4. The molecule has 0 aromatic carbocycles. The standard InChI is InChI=1S/C26H45NO6S/c1-16(4-7-23(30)27-12-13-34(31,32)33)19-5-6-20-24-21(9-11-26(19,20)3)25(2)10-8-18(28)14-17(25)15-22(24)29/h16-22,24,28-29H,4-15H2,1-3H3,(H,27,30)(H,31,32,33)/t16-,17-,18-,19-,20+,21+,22-,24-,25+,26-/m1/s1. The van der Waals surface area contributed by atoms with Gasteiger partial charge >= 0.3 is 0 Å². The molecule has 0 unspecified atom stereocenters. The molecule has 0 aliphatic heterocycles. The van der Waals surface area contributed by atoms with Gasteiger partial charge in [0.2, 0.25) is 5.91 Å². The maximum absolute atomic E-state index is 12.2. The van der Waals surface area contributed by atoms with Crippen LogP contribution in [0.1, 0.15) is 85.0 Å². The average molecular weight is 500 g/mol. The molecule has 0 spiro atoms. The molecule has 0 radical (unpaired) electrons. The van der Waals surface area contributed by atoms with Gasteiger partial charge in [-0.1, -0.05) is 20.8 Å². The van der Waals surface area contributed by atoms with Gasteiger partial charge < -0.3 is 15.5 Å². The Bertz CT molecular complexity index is 863. The highest BCUT2D eigenvalue weighted by atomic mass is 32.2. The SMILES string of the molecule is C[C@H](CCC(=O)NCCS(=O)(=O)O)[C@H]1CC[C@H]2[C@H]3[C@H](O)C[C@H]4C[C@H](O)CC[C@]4(C)[C@H]3CC[C@]12C. The Labute approximate surface area is 205 Å². The van der Waals surface area contributed by atoms with Gasteiger partial charge in [0.25, 0.3) is 10.1 Å². The minimum Gasteiger partial charge on any atom is -0.393 e. The Hall–Kier alpha value is -0.700. The quantitative estimate of drug-likeness (QED) is 0.398. The molecule has 10 atom stereocenters. The number of nitrogens with one attached hydrogen (secondary N) is 1. The second kappa shape index (κ2) is 9.64. The van der Waals surface area contributed by atoms with Gasteiger partial charge in [0.15, 0.2) is 0 Å². The lowest BCUT2D eigenvalue weighted by molar-refractivity contribution is -0.174. The van der Waals surface area contributed by atoms with Crippen LogP contribution in [0.25, 0.3) is 0 Å². The van der Waals surface area contributed by atoms with Crippen LogP contribution in [0.4, 0.5) is 0 Å². The predicted molar refractivity (Wildman–Crippen MR) is 130 cm³/mol. The van der Waals surface area contributed by atoms with Crippen molar-refractivity contribution in [2.75, 3.05) is 12.3 Å². The van der Waals surface area contributed by atoms with E-state index in [4.69, 9.17) is 4.55 Å². The summed E-state index contributed by atoms with van der Waals surface area (Å²) in [5.74, 6) is 2.10. The fourth-order valence-corrected chi connectivity index (χ4v) is 9.50. The van der Waals surface area contributed by atoms with Crippen LogP contribution in [0.3, 0.4) is 0 Å². The van der Waals surface area contributed by atoms with Crippen molar-refractivity contribution in [3.05, 3.63) is 0 Å². The van der Waals surface area contributed by atoms with Crippen LogP contribution in [-0.2, 0) is 14.9 Å². The Kier molecular flexibility index (Phi) is 7.47. The van der Waals surface area contributed by atoms with Crippen molar-refractivity contribution in [1.82, 2.24) is 5.32 Å². The second-order valence-electron chi connectivity index (χ2n) is 12.6. The number of hydrogen-bond acceptors (Lipinski definition) is 5. The molecule has 4 aliphatic carbocycles. The molecule has 4 fully saturated rings. The summed E-state index contributed by atoms with van der Waals surface area (Å²) in [6.45, 7) is 7.05. The summed E-state index contributed by atoms with van der Waals surface area (Å²) in [5.41, 5.74) is 0.411. The molecule has 8 heteroatoms. The third kappa shape index (κ3) is 4.94. The van der Waals surface area contributed by atoms with E-state index in [1.54, 1.807) is 0 Å². The summed E-state index contributed by atoms with van der Waals surface area (Å²) in [6, 6.07) is 0. The van der Waals surface area contributed by atoms with E-state index in [0.29, 0.717) is 41.9 Å². The molecular weight excluding hydrogens is 454 g/mol. The van der Waals surface area contributed by atoms with E-state index in [2.05, 4.69) is 26.1 Å². The number of rotatable bonds is 7. The van der Waals surface area contributed by atoms with Crippen LogP contribution < -0.4 is 5.32 Å². The van der Waals surface area contributed by atoms with Gasteiger partial charge in [-0.15, -0.1) is 0 Å². The first-order valence-electron chi connectivity index (χ1n) is 13.4. The largest absolute Gasteiger partial charge is 0.393 e. The topological polar surface area (TPSA) is 124 Å². The van der Waals surface area contributed by atoms with E-state index in [1.807, 2.05) is 0 Å². The zero-order valence-corrected chi connectivity index (χ0v) is 21.9. The third-order valence-corrected chi connectivity index (χ3v) is 11.6. The lowest BCUT2D eigenvalue weighted by atomic mass is 9.43. The lowest BCUT2D eigenvalue weighted by Crippen LogP contribution is -2.58. The number of aliphatic hydroxyl groups excluding tert-OH is 2. The molecule has 34 heavy (non-hydrogen) atoms. The van der Waals surface area contributed by atoms with Crippen LogP contribution in [0, 0.1) is 46.3 Å². The predicted octanol–water partition coefficient (Wildman–Crippen LogP) is 3.40. The summed E-state index contributed by atoms with van der Waals surface area (Å²) in [4.78, 5) is 12.2. The van der Waals surface area contributed by atoms with E-state index in [-0.39, 0.29) is 35.5 Å². The molecule has 4 aliphatic rings. The number of aliphatic hydroxyl groups is 2. The minimum absolute atomic E-state index is 0.0625. The normalized spacial score (nSPS) is 45.1. The van der Waals surface area contributed by atoms with E-state index >= 15 is 0 Å². The molecule has 0 heterocycles. The van der Waals surface area contributed by atoms with E-state index in [1.165, 1.54) is 6.42 Å². The zero-order chi connectivity index (χ0) is 24.9. The fraction of sp³-hybridized carbons (Fsp3) is 0.962. The first-order chi connectivity index (χ1) is 15.8. The van der Waals surface area contributed by atoms with Crippen LogP contribution in [-0.4, -0.2) is 53.6 Å². The Morgan fingerprint density at radius 1 is 1.03 bits per heavy atom. The lowest BCUT2D eigenvalue weighted by Gasteiger charge is -2.62. The highest BCUT2D eigenvalue weighted by molar-refractivity contribution is 7.85. The number of carbonyl (C=O) groups excluding carboxylic acids is 1. The maximum Gasteiger partial charge on any atom is 0.266 e. The van der Waals surface area contributed by atoms with Crippen molar-refractivity contribution in [3.63, 3.8) is 0 Å². The average Bonchev–Trinajstić information content (AvgIpc) is 3.09. The van der Waals surface area contributed by atoms with Crippen LogP contribution in [0.2, 0.25) is 0 Å². The monoisotopic (exact) mass is 499 g/mol. The van der Waals surface area contributed by atoms with Crippen molar-refractivity contribution >= 4 is 16.0 Å². The van der Waals surface area contributed by atoms with Crippen LogP contribution in [0.5, 0.6) is 0 Å². The molecule has 0 aromatic heterocycles. The Balaban J connectivity index is 1.39. The molecule has 4 saturated carbocycles. The highest BCUT2D eigenvalue weighted by Gasteiger charge is 2.62. The van der Waals surface area contributed by atoms with Gasteiger partial charge in [-0.05, 0) is 104 Å². The highest BCUT2D eigenvalue weighted by Crippen LogP contribution is 2.68. The van der Waals surface area contributed by atoms with Gasteiger partial charge in [0, 0.05) is 13.0 Å². The fourth-order valence-electron chi connectivity index (χ4n) is 9.14. The van der Waals surface area contributed by atoms with E-state index in [0.717, 1.165) is 51.4 Å². The first kappa shape index (κ1) is 26.4. The summed E-state index contributed by atoms with van der Waals surface area (Å²) >= 11 is 0. The molecule has 0 bridgehead atoms. The van der Waals surface area contributed by atoms with Gasteiger partial charge in [-0.3, -0.25) is 9.35 Å². The molecule has 4 rings (SSSR count). The Morgan fingerprint density at radius 2 is 1.71 bits per heavy atom. The number of amides is 1. The summed E-state index contributed by atoms with van der Waals surface area (Å²) in [5, 5.41) is 24.2. The van der Waals surface area contributed by atoms with E-state index in [9.17, 15) is 23.4 Å². The molecule has 196 valence electrons. The molecular formula is C26H45NO6S. The summed E-state index contributed by atoms with van der Waals surface area (Å²) in [7, 11) is -4.06.